The first-order chi connectivity index (χ1) is 9.58. The summed E-state index contributed by atoms with van der Waals surface area (Å²) in [6.45, 7) is 4.61. The molecule has 0 saturated heterocycles. The average Bonchev–Trinajstić information content (AvgIpc) is 2.47. The fourth-order valence-electron chi connectivity index (χ4n) is 2.77. The molecule has 1 aliphatic carbocycles. The van der Waals surface area contributed by atoms with Gasteiger partial charge in [0, 0.05) is 25.6 Å². The zero-order valence-electron chi connectivity index (χ0n) is 12.8. The van der Waals surface area contributed by atoms with Crippen LogP contribution in [0.1, 0.15) is 50.4 Å². The Bertz CT molecular complexity index is 455. The van der Waals surface area contributed by atoms with Crippen LogP contribution in [0.2, 0.25) is 0 Å². The Balaban J connectivity index is 2.12. The molecule has 0 atom stereocenters. The number of aromatic nitrogens is 2. The summed E-state index contributed by atoms with van der Waals surface area (Å²) in [5.41, 5.74) is 0.422. The molecule has 1 fully saturated rings. The Morgan fingerprint density at radius 1 is 1.15 bits per heavy atom. The van der Waals surface area contributed by atoms with Crippen molar-refractivity contribution in [3.8, 4) is 0 Å². The van der Waals surface area contributed by atoms with Crippen molar-refractivity contribution in [1.29, 1.82) is 0 Å². The minimum atomic E-state index is -0.582. The van der Waals surface area contributed by atoms with Gasteiger partial charge in [0.25, 0.3) is 0 Å². The van der Waals surface area contributed by atoms with Gasteiger partial charge >= 0.3 is 0 Å². The summed E-state index contributed by atoms with van der Waals surface area (Å²) in [5, 5.41) is 17.0. The topological polar surface area (TPSA) is 70.1 Å². The van der Waals surface area contributed by atoms with E-state index in [1.807, 2.05) is 20.9 Å². The average molecular weight is 278 g/mol. The number of hydrogen-bond donors (Lipinski definition) is 3. The lowest BCUT2D eigenvalue weighted by Gasteiger charge is -2.32. The second kappa shape index (κ2) is 6.39. The molecule has 2 rings (SSSR count). The smallest absolute Gasteiger partial charge is 0.134 e. The lowest BCUT2D eigenvalue weighted by molar-refractivity contribution is 0.0166. The maximum Gasteiger partial charge on any atom is 0.134 e. The molecule has 1 aliphatic rings. The summed E-state index contributed by atoms with van der Waals surface area (Å²) in [6.07, 6.45) is 6.02. The van der Waals surface area contributed by atoms with Crippen LogP contribution in [0, 0.1) is 6.92 Å². The molecule has 1 aromatic rings. The molecule has 5 heteroatoms. The highest BCUT2D eigenvalue weighted by Crippen LogP contribution is 2.29. The third-order valence-electron chi connectivity index (χ3n) is 4.11. The van der Waals surface area contributed by atoms with Crippen LogP contribution >= 0.6 is 0 Å². The summed E-state index contributed by atoms with van der Waals surface area (Å²) < 4.78 is 0. The number of aryl methyl sites for hydroxylation is 1. The van der Waals surface area contributed by atoms with E-state index < -0.39 is 5.60 Å². The first kappa shape index (κ1) is 15.0. The second-order valence-corrected chi connectivity index (χ2v) is 5.70. The van der Waals surface area contributed by atoms with Crippen molar-refractivity contribution in [2.75, 3.05) is 24.2 Å². The van der Waals surface area contributed by atoms with Gasteiger partial charge in [0.15, 0.2) is 0 Å². The molecular formula is C15H26N4O. The molecule has 20 heavy (non-hydrogen) atoms. The van der Waals surface area contributed by atoms with Crippen molar-refractivity contribution in [2.45, 2.75) is 58.0 Å². The Hall–Kier alpha value is -1.36. The molecule has 112 valence electrons. The minimum absolute atomic E-state index is 0.567. The second-order valence-electron chi connectivity index (χ2n) is 5.70. The lowest BCUT2D eigenvalue weighted by Crippen LogP contribution is -2.39. The Kier molecular flexibility index (Phi) is 4.81. The van der Waals surface area contributed by atoms with Crippen LogP contribution in [0.3, 0.4) is 0 Å². The molecule has 0 aliphatic heterocycles. The summed E-state index contributed by atoms with van der Waals surface area (Å²) in [5.74, 6) is 2.51. The van der Waals surface area contributed by atoms with Crippen LogP contribution in [-0.2, 0) is 6.42 Å². The summed E-state index contributed by atoms with van der Waals surface area (Å²) in [6, 6.07) is 0. The van der Waals surface area contributed by atoms with Crippen molar-refractivity contribution < 1.29 is 5.11 Å². The predicted molar refractivity (Wildman–Crippen MR) is 82.2 cm³/mol. The summed E-state index contributed by atoms with van der Waals surface area (Å²) in [7, 11) is 1.87. The third kappa shape index (κ3) is 3.39. The van der Waals surface area contributed by atoms with E-state index in [-0.39, 0.29) is 0 Å². The van der Waals surface area contributed by atoms with Gasteiger partial charge in [-0.15, -0.1) is 0 Å². The van der Waals surface area contributed by atoms with Gasteiger partial charge in [-0.2, -0.15) is 0 Å². The quantitative estimate of drug-likeness (QED) is 0.772. The van der Waals surface area contributed by atoms with Gasteiger partial charge < -0.3 is 15.7 Å². The van der Waals surface area contributed by atoms with Crippen LogP contribution in [0.5, 0.6) is 0 Å². The van der Waals surface area contributed by atoms with E-state index in [0.29, 0.717) is 6.54 Å². The van der Waals surface area contributed by atoms with Gasteiger partial charge in [0.05, 0.1) is 5.60 Å². The van der Waals surface area contributed by atoms with E-state index in [9.17, 15) is 5.11 Å². The zero-order valence-corrected chi connectivity index (χ0v) is 12.8. The highest BCUT2D eigenvalue weighted by molar-refractivity contribution is 5.57. The largest absolute Gasteiger partial charge is 0.388 e. The maximum atomic E-state index is 10.6. The zero-order chi connectivity index (χ0) is 14.6. The SMILES string of the molecule is CCc1nc(NC)c(C)c(NCC2(O)CCCCC2)n1. The molecule has 0 aromatic carbocycles. The standard InChI is InChI=1S/C15H26N4O/c1-4-12-18-13(16-3)11(2)14(19-12)17-10-15(20)8-6-5-7-9-15/h20H,4-10H2,1-3H3,(H2,16,17,18,19). The van der Waals surface area contributed by atoms with E-state index in [4.69, 9.17) is 0 Å². The van der Waals surface area contributed by atoms with E-state index >= 15 is 0 Å². The monoisotopic (exact) mass is 278 g/mol. The number of rotatable bonds is 5. The molecule has 0 unspecified atom stereocenters. The Morgan fingerprint density at radius 3 is 2.40 bits per heavy atom. The molecule has 0 bridgehead atoms. The highest BCUT2D eigenvalue weighted by Gasteiger charge is 2.29. The van der Waals surface area contributed by atoms with Crippen LogP contribution in [-0.4, -0.2) is 34.3 Å². The van der Waals surface area contributed by atoms with Crippen LogP contribution in [0.15, 0.2) is 0 Å². The first-order valence-corrected chi connectivity index (χ1v) is 7.59. The fraction of sp³-hybridized carbons (Fsp3) is 0.733. The van der Waals surface area contributed by atoms with E-state index in [0.717, 1.165) is 55.1 Å². The Labute approximate surface area is 121 Å². The number of aliphatic hydroxyl groups is 1. The molecule has 0 radical (unpaired) electrons. The van der Waals surface area contributed by atoms with Crippen molar-refractivity contribution in [3.05, 3.63) is 11.4 Å². The van der Waals surface area contributed by atoms with Crippen molar-refractivity contribution in [2.24, 2.45) is 0 Å². The molecule has 3 N–H and O–H groups in total. The van der Waals surface area contributed by atoms with Crippen LogP contribution in [0.4, 0.5) is 11.6 Å². The lowest BCUT2D eigenvalue weighted by atomic mass is 9.85. The van der Waals surface area contributed by atoms with Gasteiger partial charge in [0.1, 0.15) is 17.5 Å². The van der Waals surface area contributed by atoms with Crippen LogP contribution in [0.25, 0.3) is 0 Å². The summed E-state index contributed by atoms with van der Waals surface area (Å²) in [4.78, 5) is 9.00. The van der Waals surface area contributed by atoms with E-state index in [2.05, 4.69) is 20.6 Å². The minimum Gasteiger partial charge on any atom is -0.388 e. The number of hydrogen-bond acceptors (Lipinski definition) is 5. The molecule has 0 amide bonds. The van der Waals surface area contributed by atoms with Crippen molar-refractivity contribution in [1.82, 2.24) is 9.97 Å². The molecule has 0 spiro atoms. The fourth-order valence-corrected chi connectivity index (χ4v) is 2.77. The van der Waals surface area contributed by atoms with Crippen LogP contribution < -0.4 is 10.6 Å². The van der Waals surface area contributed by atoms with Gasteiger partial charge in [-0.05, 0) is 19.8 Å². The van der Waals surface area contributed by atoms with Gasteiger partial charge in [-0.3, -0.25) is 0 Å². The maximum absolute atomic E-state index is 10.6. The van der Waals surface area contributed by atoms with Crippen molar-refractivity contribution in [3.63, 3.8) is 0 Å². The van der Waals surface area contributed by atoms with E-state index in [1.54, 1.807) is 0 Å². The van der Waals surface area contributed by atoms with Gasteiger partial charge in [-0.1, -0.05) is 26.2 Å². The normalized spacial score (nSPS) is 17.8. The predicted octanol–water partition coefficient (Wildman–Crippen LogP) is 2.50. The Morgan fingerprint density at radius 2 is 1.80 bits per heavy atom. The molecule has 5 nitrogen and oxygen atoms in total. The first-order valence-electron chi connectivity index (χ1n) is 7.59. The highest BCUT2D eigenvalue weighted by atomic mass is 16.3. The van der Waals surface area contributed by atoms with E-state index in [1.165, 1.54) is 6.42 Å². The van der Waals surface area contributed by atoms with Gasteiger partial charge in [-0.25, -0.2) is 9.97 Å². The number of anilines is 2. The molecule has 1 aromatic heterocycles. The molecule has 1 saturated carbocycles. The number of nitrogens with zero attached hydrogens (tertiary/aromatic N) is 2. The van der Waals surface area contributed by atoms with Crippen molar-refractivity contribution >= 4 is 11.6 Å². The summed E-state index contributed by atoms with van der Waals surface area (Å²) >= 11 is 0. The molecular weight excluding hydrogens is 252 g/mol. The number of nitrogens with one attached hydrogen (secondary N) is 2. The third-order valence-corrected chi connectivity index (χ3v) is 4.11. The van der Waals surface area contributed by atoms with Gasteiger partial charge in [0.2, 0.25) is 0 Å². The molecule has 1 heterocycles.